The normalized spacial score (nSPS) is 12.4. The molecule has 0 bridgehead atoms. The summed E-state index contributed by atoms with van der Waals surface area (Å²) in [6, 6.07) is 8.48. The molecule has 0 fully saturated rings. The zero-order valence-corrected chi connectivity index (χ0v) is 11.5. The number of aliphatic carboxylic acids is 1. The Morgan fingerprint density at radius 2 is 2.24 bits per heavy atom. The second-order valence-electron chi connectivity index (χ2n) is 4.08. The summed E-state index contributed by atoms with van der Waals surface area (Å²) in [4.78, 5) is 10.3. The minimum atomic E-state index is -0.718. The number of benzene rings is 1. The molecule has 0 aliphatic carbocycles. The van der Waals surface area contributed by atoms with E-state index in [0.29, 0.717) is 0 Å². The van der Waals surface area contributed by atoms with Crippen molar-refractivity contribution in [3.05, 3.63) is 34.3 Å². The number of carboxylic acids is 1. The predicted octanol–water partition coefficient (Wildman–Crippen LogP) is 3.35. The molecule has 0 aromatic heterocycles. The van der Waals surface area contributed by atoms with Crippen LogP contribution in [-0.2, 0) is 4.79 Å². The highest BCUT2D eigenvalue weighted by Gasteiger charge is 2.04. The Bertz CT molecular complexity index is 368. The molecular formula is C13H18BrNO2. The molecule has 0 saturated heterocycles. The van der Waals surface area contributed by atoms with Crippen molar-refractivity contribution in [1.82, 2.24) is 5.32 Å². The van der Waals surface area contributed by atoms with Gasteiger partial charge in [-0.25, -0.2) is 0 Å². The van der Waals surface area contributed by atoms with Gasteiger partial charge in [-0.2, -0.15) is 0 Å². The maximum Gasteiger partial charge on any atom is 0.303 e. The molecule has 0 spiro atoms. The number of hydrogen-bond acceptors (Lipinski definition) is 2. The maximum atomic E-state index is 10.3. The van der Waals surface area contributed by atoms with E-state index in [0.717, 1.165) is 23.9 Å². The van der Waals surface area contributed by atoms with E-state index in [9.17, 15) is 4.79 Å². The lowest BCUT2D eigenvalue weighted by Crippen LogP contribution is -2.20. The average molecular weight is 300 g/mol. The first-order chi connectivity index (χ1) is 8.09. The summed E-state index contributed by atoms with van der Waals surface area (Å²) in [6.07, 6.45) is 1.88. The zero-order valence-electron chi connectivity index (χ0n) is 9.95. The average Bonchev–Trinajstić information content (AvgIpc) is 2.28. The molecule has 0 aliphatic heterocycles. The molecule has 1 rings (SSSR count). The van der Waals surface area contributed by atoms with Crippen LogP contribution in [0.4, 0.5) is 0 Å². The molecule has 1 atom stereocenters. The molecule has 0 heterocycles. The van der Waals surface area contributed by atoms with Crippen molar-refractivity contribution in [3.63, 3.8) is 0 Å². The molecule has 3 nitrogen and oxygen atoms in total. The van der Waals surface area contributed by atoms with Gasteiger partial charge in [-0.1, -0.05) is 28.1 Å². The predicted molar refractivity (Wildman–Crippen MR) is 72.0 cm³/mol. The highest BCUT2D eigenvalue weighted by Crippen LogP contribution is 2.17. The van der Waals surface area contributed by atoms with Crippen molar-refractivity contribution in [2.75, 3.05) is 6.54 Å². The highest BCUT2D eigenvalue weighted by atomic mass is 79.9. The van der Waals surface area contributed by atoms with E-state index in [1.54, 1.807) is 0 Å². The SMILES string of the molecule is CC(NCCCCC(=O)O)c1cccc(Br)c1. The molecular weight excluding hydrogens is 282 g/mol. The second-order valence-corrected chi connectivity index (χ2v) is 5.00. The Hall–Kier alpha value is -0.870. The fourth-order valence-corrected chi connectivity index (χ4v) is 2.03. The number of rotatable bonds is 7. The number of nitrogens with one attached hydrogen (secondary N) is 1. The largest absolute Gasteiger partial charge is 0.481 e. The second kappa shape index (κ2) is 7.45. The molecule has 0 radical (unpaired) electrons. The lowest BCUT2D eigenvalue weighted by molar-refractivity contribution is -0.137. The van der Waals surface area contributed by atoms with Crippen LogP contribution in [0.2, 0.25) is 0 Å². The van der Waals surface area contributed by atoms with E-state index in [1.165, 1.54) is 5.56 Å². The van der Waals surface area contributed by atoms with Crippen molar-refractivity contribution in [3.8, 4) is 0 Å². The Kier molecular flexibility index (Phi) is 6.22. The smallest absolute Gasteiger partial charge is 0.303 e. The Morgan fingerprint density at radius 1 is 1.47 bits per heavy atom. The van der Waals surface area contributed by atoms with Gasteiger partial charge in [0.05, 0.1) is 0 Å². The van der Waals surface area contributed by atoms with Gasteiger partial charge in [0.15, 0.2) is 0 Å². The quantitative estimate of drug-likeness (QED) is 0.759. The van der Waals surface area contributed by atoms with Crippen LogP contribution >= 0.6 is 15.9 Å². The summed E-state index contributed by atoms with van der Waals surface area (Å²) < 4.78 is 1.08. The number of halogens is 1. The van der Waals surface area contributed by atoms with E-state index in [1.807, 2.05) is 12.1 Å². The standard InChI is InChI=1S/C13H18BrNO2/c1-10(11-5-4-6-12(14)9-11)15-8-3-2-7-13(16)17/h4-6,9-10,15H,2-3,7-8H2,1H3,(H,16,17). The van der Waals surface area contributed by atoms with E-state index in [2.05, 4.69) is 40.3 Å². The number of hydrogen-bond donors (Lipinski definition) is 2. The van der Waals surface area contributed by atoms with Gasteiger partial charge in [0, 0.05) is 16.9 Å². The molecule has 4 heteroatoms. The van der Waals surface area contributed by atoms with Gasteiger partial charge in [0.2, 0.25) is 0 Å². The maximum absolute atomic E-state index is 10.3. The third-order valence-corrected chi connectivity index (χ3v) is 3.11. The minimum absolute atomic E-state index is 0.257. The molecule has 1 unspecified atom stereocenters. The molecule has 0 aliphatic rings. The third-order valence-electron chi connectivity index (χ3n) is 2.62. The topological polar surface area (TPSA) is 49.3 Å². The first kappa shape index (κ1) is 14.2. The van der Waals surface area contributed by atoms with Crippen molar-refractivity contribution in [1.29, 1.82) is 0 Å². The van der Waals surface area contributed by atoms with Gasteiger partial charge in [-0.3, -0.25) is 4.79 Å². The summed E-state index contributed by atoms with van der Waals surface area (Å²) in [5, 5.41) is 11.9. The van der Waals surface area contributed by atoms with Crippen LogP contribution in [0.5, 0.6) is 0 Å². The number of carboxylic acid groups (broad SMARTS) is 1. The lowest BCUT2D eigenvalue weighted by atomic mass is 10.1. The van der Waals surface area contributed by atoms with Gasteiger partial charge >= 0.3 is 5.97 Å². The lowest BCUT2D eigenvalue weighted by Gasteiger charge is -2.14. The fraction of sp³-hybridized carbons (Fsp3) is 0.462. The summed E-state index contributed by atoms with van der Waals surface area (Å²) in [7, 11) is 0. The molecule has 17 heavy (non-hydrogen) atoms. The molecule has 1 aromatic carbocycles. The Morgan fingerprint density at radius 3 is 2.88 bits per heavy atom. The van der Waals surface area contributed by atoms with E-state index in [-0.39, 0.29) is 12.5 Å². The Balaban J connectivity index is 2.25. The van der Waals surface area contributed by atoms with Gasteiger partial charge in [0.25, 0.3) is 0 Å². The van der Waals surface area contributed by atoms with Gasteiger partial charge in [-0.05, 0) is 44.0 Å². The first-order valence-corrected chi connectivity index (χ1v) is 6.59. The van der Waals surface area contributed by atoms with Gasteiger partial charge < -0.3 is 10.4 Å². The minimum Gasteiger partial charge on any atom is -0.481 e. The van der Waals surface area contributed by atoms with Crippen LogP contribution in [0.3, 0.4) is 0 Å². The summed E-state index contributed by atoms with van der Waals surface area (Å²) in [5.41, 5.74) is 1.23. The molecule has 0 saturated carbocycles. The summed E-state index contributed by atoms with van der Waals surface area (Å²) in [5.74, 6) is -0.718. The third kappa shape index (κ3) is 5.84. The molecule has 0 amide bonds. The van der Waals surface area contributed by atoms with Gasteiger partial charge in [0.1, 0.15) is 0 Å². The van der Waals surface area contributed by atoms with E-state index in [4.69, 9.17) is 5.11 Å². The van der Waals surface area contributed by atoms with Crippen LogP contribution in [0.25, 0.3) is 0 Å². The number of carbonyl (C=O) groups is 1. The highest BCUT2D eigenvalue weighted by molar-refractivity contribution is 9.10. The van der Waals surface area contributed by atoms with E-state index >= 15 is 0 Å². The van der Waals surface area contributed by atoms with Crippen molar-refractivity contribution < 1.29 is 9.90 Å². The van der Waals surface area contributed by atoms with Crippen LogP contribution in [0.1, 0.15) is 37.8 Å². The van der Waals surface area contributed by atoms with Crippen LogP contribution in [0, 0.1) is 0 Å². The van der Waals surface area contributed by atoms with Gasteiger partial charge in [-0.15, -0.1) is 0 Å². The van der Waals surface area contributed by atoms with Crippen LogP contribution in [-0.4, -0.2) is 17.6 Å². The zero-order chi connectivity index (χ0) is 12.7. The molecule has 94 valence electrons. The monoisotopic (exact) mass is 299 g/mol. The van der Waals surface area contributed by atoms with Crippen molar-refractivity contribution >= 4 is 21.9 Å². The number of unbranched alkanes of at least 4 members (excludes halogenated alkanes) is 1. The van der Waals surface area contributed by atoms with Crippen LogP contribution < -0.4 is 5.32 Å². The van der Waals surface area contributed by atoms with E-state index < -0.39 is 5.97 Å². The van der Waals surface area contributed by atoms with Crippen LogP contribution in [0.15, 0.2) is 28.7 Å². The fourth-order valence-electron chi connectivity index (χ4n) is 1.61. The Labute approximate surface area is 110 Å². The first-order valence-electron chi connectivity index (χ1n) is 5.80. The summed E-state index contributed by atoms with van der Waals surface area (Å²) in [6.45, 7) is 2.96. The van der Waals surface area contributed by atoms with Crippen molar-refractivity contribution in [2.45, 2.75) is 32.2 Å². The molecule has 2 N–H and O–H groups in total. The summed E-state index contributed by atoms with van der Waals surface area (Å²) >= 11 is 3.45. The van der Waals surface area contributed by atoms with Crippen molar-refractivity contribution in [2.24, 2.45) is 0 Å². The molecule has 1 aromatic rings.